The lowest BCUT2D eigenvalue weighted by atomic mass is 9.80. The van der Waals surface area contributed by atoms with Crippen LogP contribution in [0.1, 0.15) is 39.0 Å². The number of rotatable bonds is 4. The van der Waals surface area contributed by atoms with E-state index >= 15 is 0 Å². The lowest BCUT2D eigenvalue weighted by Gasteiger charge is -2.30. The Morgan fingerprint density at radius 3 is 2.67 bits per heavy atom. The summed E-state index contributed by atoms with van der Waals surface area (Å²) in [7, 11) is 0. The molecule has 1 fully saturated rings. The molecule has 0 aromatic carbocycles. The van der Waals surface area contributed by atoms with E-state index in [0.29, 0.717) is 25.1 Å². The highest BCUT2D eigenvalue weighted by molar-refractivity contribution is 6.17. The van der Waals surface area contributed by atoms with Crippen LogP contribution in [0, 0.1) is 11.8 Å². The molecule has 0 spiro atoms. The standard InChI is InChI=1S/C12H19ClF3NO/c1-8(5-6-13)17-11(18)9-3-2-4-10(7-9)12(14,15)16/h8-10H,2-7H2,1H3,(H,17,18). The topological polar surface area (TPSA) is 29.1 Å². The smallest absolute Gasteiger partial charge is 0.353 e. The van der Waals surface area contributed by atoms with Gasteiger partial charge in [0.25, 0.3) is 0 Å². The Kier molecular flexibility index (Phi) is 5.76. The van der Waals surface area contributed by atoms with Gasteiger partial charge in [-0.2, -0.15) is 13.2 Å². The summed E-state index contributed by atoms with van der Waals surface area (Å²) in [6.07, 6.45) is -2.48. The second-order valence-electron chi connectivity index (χ2n) is 4.99. The van der Waals surface area contributed by atoms with Crippen LogP contribution in [0.4, 0.5) is 13.2 Å². The molecule has 0 saturated heterocycles. The number of nitrogens with one attached hydrogen (secondary N) is 1. The quantitative estimate of drug-likeness (QED) is 0.787. The number of hydrogen-bond acceptors (Lipinski definition) is 1. The normalized spacial score (nSPS) is 26.7. The molecule has 106 valence electrons. The van der Waals surface area contributed by atoms with Crippen molar-refractivity contribution >= 4 is 17.5 Å². The summed E-state index contributed by atoms with van der Waals surface area (Å²) in [5.74, 6) is -1.67. The summed E-state index contributed by atoms with van der Waals surface area (Å²) >= 11 is 5.55. The fourth-order valence-electron chi connectivity index (χ4n) is 2.32. The molecular formula is C12H19ClF3NO. The van der Waals surface area contributed by atoms with Gasteiger partial charge in [-0.3, -0.25) is 4.79 Å². The Bertz CT molecular complexity index is 283. The summed E-state index contributed by atoms with van der Waals surface area (Å²) in [4.78, 5) is 11.8. The minimum atomic E-state index is -4.18. The summed E-state index contributed by atoms with van der Waals surface area (Å²) in [6.45, 7) is 1.81. The average molecular weight is 286 g/mol. The summed E-state index contributed by atoms with van der Waals surface area (Å²) < 4.78 is 37.8. The molecule has 1 aliphatic carbocycles. The van der Waals surface area contributed by atoms with Crippen molar-refractivity contribution in [2.24, 2.45) is 11.8 Å². The molecule has 1 amide bonds. The van der Waals surface area contributed by atoms with Crippen LogP contribution in [-0.4, -0.2) is 24.0 Å². The number of hydrogen-bond donors (Lipinski definition) is 1. The van der Waals surface area contributed by atoms with Crippen LogP contribution in [0.15, 0.2) is 0 Å². The Hall–Kier alpha value is -0.450. The lowest BCUT2D eigenvalue weighted by molar-refractivity contribution is -0.186. The van der Waals surface area contributed by atoms with Crippen LogP contribution in [0.5, 0.6) is 0 Å². The van der Waals surface area contributed by atoms with Gasteiger partial charge < -0.3 is 5.32 Å². The molecule has 0 aromatic heterocycles. The highest BCUT2D eigenvalue weighted by atomic mass is 35.5. The SMILES string of the molecule is CC(CCCl)NC(=O)C1CCCC(C(F)(F)F)C1. The molecule has 3 unspecified atom stereocenters. The van der Waals surface area contributed by atoms with Crippen molar-refractivity contribution in [2.75, 3.05) is 5.88 Å². The minimum absolute atomic E-state index is 0.0804. The van der Waals surface area contributed by atoms with Crippen LogP contribution in [0.2, 0.25) is 0 Å². The summed E-state index contributed by atoms with van der Waals surface area (Å²) in [5, 5.41) is 2.73. The van der Waals surface area contributed by atoms with Gasteiger partial charge in [-0.15, -0.1) is 11.6 Å². The predicted molar refractivity (Wildman–Crippen MR) is 64.4 cm³/mol. The van der Waals surface area contributed by atoms with E-state index in [0.717, 1.165) is 0 Å². The largest absolute Gasteiger partial charge is 0.391 e. The van der Waals surface area contributed by atoms with Gasteiger partial charge in [0.2, 0.25) is 5.91 Å². The van der Waals surface area contributed by atoms with Crippen molar-refractivity contribution in [3.63, 3.8) is 0 Å². The van der Waals surface area contributed by atoms with Crippen molar-refractivity contribution in [3.05, 3.63) is 0 Å². The molecule has 1 N–H and O–H groups in total. The third-order valence-corrected chi connectivity index (χ3v) is 3.66. The average Bonchev–Trinajstić information content (AvgIpc) is 2.28. The lowest BCUT2D eigenvalue weighted by Crippen LogP contribution is -2.41. The maximum absolute atomic E-state index is 12.6. The first-order valence-electron chi connectivity index (χ1n) is 6.27. The van der Waals surface area contributed by atoms with E-state index in [4.69, 9.17) is 11.6 Å². The van der Waals surface area contributed by atoms with Crippen molar-refractivity contribution in [2.45, 2.75) is 51.2 Å². The molecule has 0 aromatic rings. The van der Waals surface area contributed by atoms with Gasteiger partial charge in [-0.05, 0) is 32.6 Å². The Morgan fingerprint density at radius 1 is 1.44 bits per heavy atom. The zero-order valence-electron chi connectivity index (χ0n) is 10.4. The summed E-state index contributed by atoms with van der Waals surface area (Å²) in [6, 6.07) is -0.0822. The van der Waals surface area contributed by atoms with E-state index in [-0.39, 0.29) is 24.8 Å². The predicted octanol–water partition coefficient (Wildman–Crippen LogP) is 3.49. The van der Waals surface area contributed by atoms with E-state index in [9.17, 15) is 18.0 Å². The molecule has 2 nitrogen and oxygen atoms in total. The first-order valence-corrected chi connectivity index (χ1v) is 6.81. The van der Waals surface area contributed by atoms with Gasteiger partial charge in [0.05, 0.1) is 5.92 Å². The molecule has 6 heteroatoms. The number of halogens is 4. The second kappa shape index (κ2) is 6.64. The van der Waals surface area contributed by atoms with E-state index in [1.54, 1.807) is 0 Å². The zero-order valence-corrected chi connectivity index (χ0v) is 11.2. The molecule has 18 heavy (non-hydrogen) atoms. The molecule has 1 rings (SSSR count). The van der Waals surface area contributed by atoms with Gasteiger partial charge in [0.1, 0.15) is 0 Å². The number of carbonyl (C=O) groups excluding carboxylic acids is 1. The molecule has 0 radical (unpaired) electrons. The van der Waals surface area contributed by atoms with E-state index < -0.39 is 18.0 Å². The number of amides is 1. The monoisotopic (exact) mass is 285 g/mol. The number of alkyl halides is 4. The van der Waals surface area contributed by atoms with Gasteiger partial charge in [0, 0.05) is 17.8 Å². The highest BCUT2D eigenvalue weighted by Crippen LogP contribution is 2.39. The Morgan fingerprint density at radius 2 is 2.11 bits per heavy atom. The first kappa shape index (κ1) is 15.6. The molecule has 1 aliphatic rings. The van der Waals surface area contributed by atoms with Crippen molar-refractivity contribution in [1.29, 1.82) is 0 Å². The molecule has 3 atom stereocenters. The van der Waals surface area contributed by atoms with Gasteiger partial charge in [0.15, 0.2) is 0 Å². The van der Waals surface area contributed by atoms with Crippen LogP contribution >= 0.6 is 11.6 Å². The summed E-state index contributed by atoms with van der Waals surface area (Å²) in [5.41, 5.74) is 0. The Balaban J connectivity index is 2.48. The van der Waals surface area contributed by atoms with Crippen molar-refractivity contribution in [1.82, 2.24) is 5.32 Å². The molecule has 0 bridgehead atoms. The fourth-order valence-corrected chi connectivity index (χ4v) is 2.65. The zero-order chi connectivity index (χ0) is 13.8. The maximum atomic E-state index is 12.6. The second-order valence-corrected chi connectivity index (χ2v) is 5.37. The first-order chi connectivity index (χ1) is 8.34. The van der Waals surface area contributed by atoms with Crippen molar-refractivity contribution in [3.8, 4) is 0 Å². The molecular weight excluding hydrogens is 267 g/mol. The van der Waals surface area contributed by atoms with Crippen LogP contribution in [0.25, 0.3) is 0 Å². The number of carbonyl (C=O) groups is 1. The third kappa shape index (κ3) is 4.67. The maximum Gasteiger partial charge on any atom is 0.391 e. The van der Waals surface area contributed by atoms with Gasteiger partial charge >= 0.3 is 6.18 Å². The van der Waals surface area contributed by atoms with Crippen LogP contribution < -0.4 is 5.32 Å². The Labute approximate surface area is 110 Å². The van der Waals surface area contributed by atoms with E-state index in [1.165, 1.54) is 0 Å². The van der Waals surface area contributed by atoms with E-state index in [2.05, 4.69) is 5.32 Å². The molecule has 0 heterocycles. The molecule has 0 aliphatic heterocycles. The van der Waals surface area contributed by atoms with Gasteiger partial charge in [-0.1, -0.05) is 6.42 Å². The van der Waals surface area contributed by atoms with Gasteiger partial charge in [-0.25, -0.2) is 0 Å². The van der Waals surface area contributed by atoms with Crippen molar-refractivity contribution < 1.29 is 18.0 Å². The van der Waals surface area contributed by atoms with Crippen LogP contribution in [0.3, 0.4) is 0 Å². The highest BCUT2D eigenvalue weighted by Gasteiger charge is 2.43. The molecule has 1 saturated carbocycles. The third-order valence-electron chi connectivity index (χ3n) is 3.44. The fraction of sp³-hybridized carbons (Fsp3) is 0.917. The van der Waals surface area contributed by atoms with Crippen LogP contribution in [-0.2, 0) is 4.79 Å². The minimum Gasteiger partial charge on any atom is -0.353 e. The van der Waals surface area contributed by atoms with E-state index in [1.807, 2.05) is 6.92 Å².